The van der Waals surface area contributed by atoms with E-state index in [0.717, 1.165) is 10.6 Å². The van der Waals surface area contributed by atoms with Crippen molar-refractivity contribution >= 4 is 48.5 Å². The molecule has 2 heterocycles. The van der Waals surface area contributed by atoms with Gasteiger partial charge in [0.1, 0.15) is 5.58 Å². The van der Waals surface area contributed by atoms with Crippen LogP contribution in [0, 0.1) is 0 Å². The van der Waals surface area contributed by atoms with E-state index in [1.54, 1.807) is 18.2 Å². The highest BCUT2D eigenvalue weighted by atomic mass is 79.9. The average molecular weight is 454 g/mol. The van der Waals surface area contributed by atoms with Gasteiger partial charge < -0.3 is 14.7 Å². The Kier molecular flexibility index (Phi) is 4.87. The summed E-state index contributed by atoms with van der Waals surface area (Å²) in [5, 5.41) is 2.99. The van der Waals surface area contributed by atoms with Crippen molar-refractivity contribution in [1.29, 1.82) is 0 Å². The number of carbonyl (C=O) groups excluding carboxylic acids is 1. The molecular weight excluding hydrogens is 438 g/mol. The number of pyridine rings is 1. The van der Waals surface area contributed by atoms with E-state index in [1.807, 2.05) is 0 Å². The minimum atomic E-state index is -3.50. The Hall–Kier alpha value is -2.59. The third kappa shape index (κ3) is 3.37. The molecule has 10 heteroatoms. The fraction of sp³-hybridized carbons (Fsp3) is 0.176. The number of anilines is 1. The predicted molar refractivity (Wildman–Crippen MR) is 107 cm³/mol. The second kappa shape index (κ2) is 6.86. The van der Waals surface area contributed by atoms with E-state index in [0.29, 0.717) is 15.5 Å². The number of furan rings is 1. The van der Waals surface area contributed by atoms with Crippen molar-refractivity contribution in [3.8, 4) is 11.3 Å². The fourth-order valence-electron chi connectivity index (χ4n) is 2.67. The monoisotopic (exact) mass is 453 g/mol. The molecule has 1 amide bonds. The largest absolute Gasteiger partial charge is 0.455 e. The molecule has 0 spiro atoms. The van der Waals surface area contributed by atoms with Crippen LogP contribution in [0.15, 0.2) is 44.1 Å². The van der Waals surface area contributed by atoms with Crippen LogP contribution in [-0.2, 0) is 10.0 Å². The number of aromatic nitrogens is 1. The molecule has 2 N–H and O–H groups in total. The molecular formula is C17H16BrN3O5S. The number of benzene rings is 1. The van der Waals surface area contributed by atoms with E-state index < -0.39 is 21.5 Å². The maximum absolute atomic E-state index is 12.5. The molecule has 0 saturated heterocycles. The fourth-order valence-corrected chi connectivity index (χ4v) is 3.90. The van der Waals surface area contributed by atoms with Gasteiger partial charge in [0.05, 0.1) is 23.1 Å². The number of rotatable bonds is 4. The van der Waals surface area contributed by atoms with Crippen molar-refractivity contribution in [2.24, 2.45) is 0 Å². The second-order valence-electron chi connectivity index (χ2n) is 5.83. The Morgan fingerprint density at radius 3 is 2.63 bits per heavy atom. The van der Waals surface area contributed by atoms with Gasteiger partial charge in [-0.3, -0.25) is 13.9 Å². The van der Waals surface area contributed by atoms with Crippen LogP contribution in [0.25, 0.3) is 22.3 Å². The lowest BCUT2D eigenvalue weighted by molar-refractivity contribution is 0.0964. The maximum Gasteiger partial charge on any atom is 0.259 e. The van der Waals surface area contributed by atoms with Crippen LogP contribution < -0.4 is 15.2 Å². The number of nitrogens with zero attached hydrogens (tertiary/aromatic N) is 1. The van der Waals surface area contributed by atoms with Crippen LogP contribution in [0.2, 0.25) is 0 Å². The molecule has 0 fully saturated rings. The Morgan fingerprint density at radius 2 is 2.04 bits per heavy atom. The van der Waals surface area contributed by atoms with Crippen LogP contribution >= 0.6 is 15.9 Å². The molecule has 2 aromatic heterocycles. The molecule has 0 radical (unpaired) electrons. The number of sulfonamides is 1. The lowest BCUT2D eigenvalue weighted by Crippen LogP contribution is -2.25. The molecule has 0 aliphatic rings. The summed E-state index contributed by atoms with van der Waals surface area (Å²) in [6.45, 7) is 0. The zero-order chi connectivity index (χ0) is 19.9. The molecule has 0 bridgehead atoms. The van der Waals surface area contributed by atoms with E-state index in [2.05, 4.69) is 26.2 Å². The van der Waals surface area contributed by atoms with Crippen LogP contribution in [0.3, 0.4) is 0 Å². The van der Waals surface area contributed by atoms with Gasteiger partial charge in [0.2, 0.25) is 10.0 Å². The molecule has 0 atom stereocenters. The van der Waals surface area contributed by atoms with Crippen molar-refractivity contribution < 1.29 is 17.6 Å². The van der Waals surface area contributed by atoms with Gasteiger partial charge in [0.15, 0.2) is 5.76 Å². The van der Waals surface area contributed by atoms with Gasteiger partial charge in [-0.25, -0.2) is 8.42 Å². The lowest BCUT2D eigenvalue weighted by atomic mass is 10.1. The van der Waals surface area contributed by atoms with Gasteiger partial charge in [0.25, 0.3) is 11.5 Å². The summed E-state index contributed by atoms with van der Waals surface area (Å²) in [5.74, 6) is -0.319. The number of aromatic amines is 1. The number of hydrogen-bond donors (Lipinski definition) is 2. The first kappa shape index (κ1) is 19.2. The minimum absolute atomic E-state index is 0.109. The number of fused-ring (bicyclic) bond motifs is 1. The number of H-pyrrole nitrogens is 1. The van der Waals surface area contributed by atoms with Gasteiger partial charge in [-0.05, 0) is 34.1 Å². The second-order valence-corrected chi connectivity index (χ2v) is 8.70. The summed E-state index contributed by atoms with van der Waals surface area (Å²) in [5.41, 5.74) is 0.602. The normalized spacial score (nSPS) is 11.6. The Bertz CT molecular complexity index is 1210. The van der Waals surface area contributed by atoms with Crippen molar-refractivity contribution in [3.63, 3.8) is 0 Å². The highest BCUT2D eigenvalue weighted by molar-refractivity contribution is 9.10. The van der Waals surface area contributed by atoms with Gasteiger partial charge in [-0.1, -0.05) is 0 Å². The van der Waals surface area contributed by atoms with E-state index in [1.165, 1.54) is 26.4 Å². The molecule has 0 aliphatic carbocycles. The smallest absolute Gasteiger partial charge is 0.259 e. The standard InChI is InChI=1S/C17H16BrN3O5S/c1-19-17(23)14-10-7-11(18)12(21(2)27(3,24)25)8-13(10)26-15(14)9-5-4-6-20-16(9)22/h4-8H,1-3H3,(H,19,23)(H,20,22). The van der Waals surface area contributed by atoms with E-state index in [9.17, 15) is 18.0 Å². The summed E-state index contributed by atoms with van der Waals surface area (Å²) >= 11 is 3.35. The average Bonchev–Trinajstić information content (AvgIpc) is 2.97. The number of nitrogens with one attached hydrogen (secondary N) is 2. The summed E-state index contributed by atoms with van der Waals surface area (Å²) < 4.78 is 31.1. The highest BCUT2D eigenvalue weighted by Crippen LogP contribution is 2.38. The van der Waals surface area contributed by atoms with Crippen LogP contribution in [0.1, 0.15) is 10.4 Å². The SMILES string of the molecule is CNC(=O)c1c(-c2ccc[nH]c2=O)oc2cc(N(C)S(C)(=O)=O)c(Br)cc12. The zero-order valence-electron chi connectivity index (χ0n) is 14.7. The first-order chi connectivity index (χ1) is 12.6. The van der Waals surface area contributed by atoms with Crippen LogP contribution in [0.4, 0.5) is 5.69 Å². The van der Waals surface area contributed by atoms with Crippen molar-refractivity contribution in [2.75, 3.05) is 24.7 Å². The molecule has 0 unspecified atom stereocenters. The molecule has 3 aromatic rings. The number of carbonyl (C=O) groups is 1. The number of hydrogen-bond acceptors (Lipinski definition) is 5. The zero-order valence-corrected chi connectivity index (χ0v) is 17.1. The first-order valence-corrected chi connectivity index (χ1v) is 10.4. The van der Waals surface area contributed by atoms with Gasteiger partial charge >= 0.3 is 0 Å². The summed E-state index contributed by atoms with van der Waals surface area (Å²) in [6.07, 6.45) is 2.56. The number of amides is 1. The molecule has 8 nitrogen and oxygen atoms in total. The Morgan fingerprint density at radius 1 is 1.33 bits per heavy atom. The molecule has 3 rings (SSSR count). The van der Waals surface area contributed by atoms with Gasteiger partial charge in [-0.2, -0.15) is 0 Å². The molecule has 0 aliphatic heterocycles. The van der Waals surface area contributed by atoms with Crippen LogP contribution in [-0.4, -0.2) is 39.7 Å². The van der Waals surface area contributed by atoms with Crippen molar-refractivity contribution in [3.05, 3.63) is 50.9 Å². The first-order valence-electron chi connectivity index (χ1n) is 7.75. The van der Waals surface area contributed by atoms with E-state index in [4.69, 9.17) is 4.42 Å². The van der Waals surface area contributed by atoms with Gasteiger partial charge in [-0.15, -0.1) is 0 Å². The van der Waals surface area contributed by atoms with E-state index in [-0.39, 0.29) is 22.5 Å². The predicted octanol–water partition coefficient (Wildman–Crippen LogP) is 2.31. The quantitative estimate of drug-likeness (QED) is 0.629. The molecule has 27 heavy (non-hydrogen) atoms. The van der Waals surface area contributed by atoms with E-state index >= 15 is 0 Å². The third-order valence-corrected chi connectivity index (χ3v) is 5.94. The Balaban J connectivity index is 2.37. The molecule has 0 saturated carbocycles. The van der Waals surface area contributed by atoms with Crippen LogP contribution in [0.5, 0.6) is 0 Å². The maximum atomic E-state index is 12.5. The number of halogens is 1. The van der Waals surface area contributed by atoms with Gasteiger partial charge in [0, 0.05) is 36.2 Å². The highest BCUT2D eigenvalue weighted by Gasteiger charge is 2.25. The topological polar surface area (TPSA) is 112 Å². The Labute approximate surface area is 163 Å². The summed E-state index contributed by atoms with van der Waals surface area (Å²) in [7, 11) is -0.620. The summed E-state index contributed by atoms with van der Waals surface area (Å²) in [4.78, 5) is 27.2. The minimum Gasteiger partial charge on any atom is -0.455 e. The third-order valence-electron chi connectivity index (χ3n) is 4.11. The summed E-state index contributed by atoms with van der Waals surface area (Å²) in [6, 6.07) is 6.27. The lowest BCUT2D eigenvalue weighted by Gasteiger charge is -2.18. The molecule has 142 valence electrons. The van der Waals surface area contributed by atoms with Crippen molar-refractivity contribution in [2.45, 2.75) is 0 Å². The van der Waals surface area contributed by atoms with Crippen molar-refractivity contribution in [1.82, 2.24) is 10.3 Å². The molecule has 1 aromatic carbocycles.